The number of ether oxygens (including phenoxy) is 3. The molecule has 16 heteroatoms. The molecule has 47 heavy (non-hydrogen) atoms. The minimum atomic E-state index is -4.80. The summed E-state index contributed by atoms with van der Waals surface area (Å²) in [5.74, 6) is -3.90. The van der Waals surface area contributed by atoms with E-state index in [1.807, 2.05) is 6.92 Å². The summed E-state index contributed by atoms with van der Waals surface area (Å²) in [6.07, 6.45) is -0.559. The van der Waals surface area contributed by atoms with Gasteiger partial charge in [0.2, 0.25) is 5.54 Å². The number of carboxylic acid groups (broad SMARTS) is 1. The van der Waals surface area contributed by atoms with Crippen molar-refractivity contribution in [1.82, 2.24) is 14.7 Å². The van der Waals surface area contributed by atoms with E-state index in [1.165, 1.54) is 54.5 Å². The predicted molar refractivity (Wildman–Crippen MR) is 158 cm³/mol. The van der Waals surface area contributed by atoms with Gasteiger partial charge in [0, 0.05) is 38.0 Å². The summed E-state index contributed by atoms with van der Waals surface area (Å²) in [7, 11) is 1.47. The molecule has 1 aliphatic heterocycles. The summed E-state index contributed by atoms with van der Waals surface area (Å²) in [6, 6.07) is 8.11. The number of imidazole rings is 1. The molecule has 2 aromatic heterocycles. The number of aliphatic carboxylic acids is 1. The van der Waals surface area contributed by atoms with Crippen LogP contribution in [0.1, 0.15) is 36.8 Å². The number of hydrogen-bond donors (Lipinski definition) is 2. The van der Waals surface area contributed by atoms with Crippen molar-refractivity contribution in [1.29, 1.82) is 0 Å². The topological polar surface area (TPSA) is 124 Å². The maximum Gasteiger partial charge on any atom is 0.417 e. The van der Waals surface area contributed by atoms with Crippen molar-refractivity contribution < 1.29 is 50.6 Å². The van der Waals surface area contributed by atoms with Crippen molar-refractivity contribution in [3.8, 4) is 17.0 Å². The molecule has 2 N–H and O–H groups in total. The first-order chi connectivity index (χ1) is 22.5. The lowest BCUT2D eigenvalue weighted by Gasteiger charge is -2.31. The molecule has 0 fully saturated rings. The summed E-state index contributed by atoms with van der Waals surface area (Å²) in [6.45, 7) is 2.24. The lowest BCUT2D eigenvalue weighted by molar-refractivity contribution is -0.147. The van der Waals surface area contributed by atoms with E-state index < -0.39 is 34.9 Å². The Morgan fingerprint density at radius 2 is 1.89 bits per heavy atom. The van der Waals surface area contributed by atoms with Crippen LogP contribution in [0.4, 0.5) is 33.5 Å². The molecule has 250 valence electrons. The van der Waals surface area contributed by atoms with Gasteiger partial charge in [0.1, 0.15) is 17.1 Å². The third-order valence-corrected chi connectivity index (χ3v) is 7.37. The number of nitrogens with zero attached hydrogens (tertiary/aromatic N) is 4. The minimum Gasteiger partial charge on any atom is -0.494 e. The largest absolute Gasteiger partial charge is 0.494 e. The molecular weight excluding hydrogens is 633 g/mol. The van der Waals surface area contributed by atoms with E-state index in [2.05, 4.69) is 15.6 Å². The Labute approximate surface area is 265 Å². The molecule has 1 aliphatic rings. The monoisotopic (exact) mass is 663 g/mol. The first-order valence-electron chi connectivity index (χ1n) is 14.4. The molecule has 0 amide bonds. The predicted octanol–water partition coefficient (Wildman–Crippen LogP) is 6.32. The Bertz CT molecular complexity index is 1760. The van der Waals surface area contributed by atoms with E-state index >= 15 is 0 Å². The number of hydrazine groups is 1. The molecular formula is C31H30F5N5O6. The van der Waals surface area contributed by atoms with Gasteiger partial charge in [-0.05, 0) is 42.8 Å². The third kappa shape index (κ3) is 6.64. The van der Waals surface area contributed by atoms with Gasteiger partial charge in [0.05, 0.1) is 37.4 Å². The molecule has 2 aromatic carbocycles. The normalized spacial score (nSPS) is 14.1. The minimum absolute atomic E-state index is 0.0104. The zero-order valence-electron chi connectivity index (χ0n) is 25.2. The maximum atomic E-state index is 14.5. The van der Waals surface area contributed by atoms with Gasteiger partial charge in [-0.15, -0.1) is 0 Å². The first-order valence-corrected chi connectivity index (χ1v) is 14.4. The van der Waals surface area contributed by atoms with E-state index in [1.54, 1.807) is 0 Å². The van der Waals surface area contributed by atoms with Gasteiger partial charge in [-0.2, -0.15) is 13.2 Å². The van der Waals surface area contributed by atoms with Crippen molar-refractivity contribution in [3.05, 3.63) is 83.6 Å². The van der Waals surface area contributed by atoms with Crippen LogP contribution in [0.2, 0.25) is 0 Å². The lowest BCUT2D eigenvalue weighted by Crippen LogP contribution is -2.44. The van der Waals surface area contributed by atoms with Crippen molar-refractivity contribution in [3.63, 3.8) is 0 Å². The fourth-order valence-electron chi connectivity index (χ4n) is 5.05. The summed E-state index contributed by atoms with van der Waals surface area (Å²) in [5, 5.41) is 15.8. The Hall–Kier alpha value is -4.96. The summed E-state index contributed by atoms with van der Waals surface area (Å²) >= 11 is 0. The fourth-order valence-corrected chi connectivity index (χ4v) is 5.05. The Morgan fingerprint density at radius 3 is 2.62 bits per heavy atom. The smallest absolute Gasteiger partial charge is 0.417 e. The Balaban J connectivity index is 1.58. The van der Waals surface area contributed by atoms with Gasteiger partial charge >= 0.3 is 12.1 Å². The van der Waals surface area contributed by atoms with E-state index in [4.69, 9.17) is 18.7 Å². The van der Waals surface area contributed by atoms with E-state index in [-0.39, 0.29) is 72.8 Å². The molecule has 5 rings (SSSR count). The van der Waals surface area contributed by atoms with E-state index in [9.17, 15) is 31.9 Å². The summed E-state index contributed by atoms with van der Waals surface area (Å²) in [4.78, 5) is 17.5. The third-order valence-electron chi connectivity index (χ3n) is 7.37. The number of nitrogens with one attached hydrogen (secondary N) is 1. The van der Waals surface area contributed by atoms with Crippen LogP contribution in [-0.2, 0) is 26.0 Å². The number of alkyl halides is 3. The molecule has 0 aliphatic carbocycles. The van der Waals surface area contributed by atoms with Crippen LogP contribution < -0.4 is 15.2 Å². The number of carbonyl (C=O) groups is 1. The molecule has 0 saturated carbocycles. The number of hydrogen-bond acceptors (Lipinski definition) is 9. The average Bonchev–Trinajstić information content (AvgIpc) is 3.71. The van der Waals surface area contributed by atoms with Crippen LogP contribution in [0.5, 0.6) is 5.75 Å². The number of methoxy groups -OCH3 is 1. The molecule has 0 bridgehead atoms. The van der Waals surface area contributed by atoms with Crippen LogP contribution in [0.15, 0.2) is 59.5 Å². The highest BCUT2D eigenvalue weighted by atomic mass is 19.4. The van der Waals surface area contributed by atoms with Gasteiger partial charge in [-0.3, -0.25) is 10.4 Å². The highest BCUT2D eigenvalue weighted by Gasteiger charge is 2.48. The van der Waals surface area contributed by atoms with Crippen LogP contribution in [-0.4, -0.2) is 59.3 Å². The van der Waals surface area contributed by atoms with Crippen LogP contribution in [0.25, 0.3) is 17.3 Å². The highest BCUT2D eigenvalue weighted by molar-refractivity contribution is 5.83. The van der Waals surface area contributed by atoms with Gasteiger partial charge in [-0.25, -0.2) is 18.6 Å². The standard InChI is InChI=1S/C31H30F5N5O6/c1-3-12-46-19-7-8-20(21(16-19)31(34,35)36)23-17-26(47-39-23)30(29(42)43,10-13-45-15-14-44-2)40-18-37-28-25(40)9-11-41(38-28)24-6-4-5-22(32)27(24)33/h4-9,11,16-18,38H,3,10,12-15H2,1-2H3,(H,42,43). The summed E-state index contributed by atoms with van der Waals surface area (Å²) in [5.41, 5.74) is -0.981. The number of rotatable bonds is 14. The number of fused-ring (bicyclic) bond motifs is 1. The second-order valence-corrected chi connectivity index (χ2v) is 10.4. The second kappa shape index (κ2) is 13.8. The Kier molecular flexibility index (Phi) is 9.81. The van der Waals surface area contributed by atoms with Gasteiger partial charge < -0.3 is 28.4 Å². The van der Waals surface area contributed by atoms with Crippen LogP contribution in [0.3, 0.4) is 0 Å². The van der Waals surface area contributed by atoms with Crippen molar-refractivity contribution >= 4 is 23.6 Å². The molecule has 11 nitrogen and oxygen atoms in total. The van der Waals surface area contributed by atoms with E-state index in [0.29, 0.717) is 6.42 Å². The fraction of sp³-hybridized carbons (Fsp3) is 0.323. The van der Waals surface area contributed by atoms with Crippen LogP contribution in [0, 0.1) is 11.6 Å². The Morgan fingerprint density at radius 1 is 1.09 bits per heavy atom. The first kappa shape index (κ1) is 33.4. The number of carboxylic acids is 1. The van der Waals surface area contributed by atoms with Crippen molar-refractivity contribution in [2.75, 3.05) is 44.0 Å². The van der Waals surface area contributed by atoms with Gasteiger partial charge in [-0.1, -0.05) is 18.1 Å². The molecule has 0 saturated heterocycles. The van der Waals surface area contributed by atoms with Crippen LogP contribution >= 0.6 is 0 Å². The van der Waals surface area contributed by atoms with Gasteiger partial charge in [0.25, 0.3) is 0 Å². The van der Waals surface area contributed by atoms with Crippen molar-refractivity contribution in [2.45, 2.75) is 31.5 Å². The number of halogens is 5. The molecule has 4 aromatic rings. The lowest BCUT2D eigenvalue weighted by atomic mass is 9.90. The molecule has 1 atom stereocenters. The summed E-state index contributed by atoms with van der Waals surface area (Å²) < 4.78 is 93.7. The average molecular weight is 664 g/mol. The van der Waals surface area contributed by atoms with Crippen molar-refractivity contribution in [2.24, 2.45) is 0 Å². The zero-order chi connectivity index (χ0) is 33.8. The van der Waals surface area contributed by atoms with E-state index in [0.717, 1.165) is 23.2 Å². The zero-order valence-corrected chi connectivity index (χ0v) is 25.2. The second-order valence-electron chi connectivity index (χ2n) is 10.4. The SMILES string of the molecule is CCCOc1ccc(-c2cc(C(CCOCCOC)(C(=O)O)n3cnc4c3C=CN(c3cccc(F)c3F)N4)on2)c(C(F)(F)F)c1. The quantitative estimate of drug-likeness (QED) is 0.117. The van der Waals surface area contributed by atoms with Gasteiger partial charge in [0.15, 0.2) is 23.2 Å². The number of benzene rings is 2. The maximum absolute atomic E-state index is 14.5. The molecule has 3 heterocycles. The molecule has 1 unspecified atom stereocenters. The highest BCUT2D eigenvalue weighted by Crippen LogP contribution is 2.42. The number of aromatic nitrogens is 3. The number of anilines is 2. The molecule has 0 radical (unpaired) electrons. The molecule has 0 spiro atoms.